The maximum absolute atomic E-state index is 12.7. The Hall–Kier alpha value is -1.92. The second-order valence-electron chi connectivity index (χ2n) is 7.98. The van der Waals surface area contributed by atoms with Crippen LogP contribution in [-0.2, 0) is 22.6 Å². The van der Waals surface area contributed by atoms with E-state index in [-0.39, 0.29) is 11.9 Å². The number of hydrogen-bond donors (Lipinski definition) is 0. The van der Waals surface area contributed by atoms with E-state index in [0.29, 0.717) is 18.2 Å². The maximum atomic E-state index is 12.7. The van der Waals surface area contributed by atoms with Crippen LogP contribution in [0, 0.1) is 5.92 Å². The quantitative estimate of drug-likeness (QED) is 0.827. The van der Waals surface area contributed by atoms with Crippen molar-refractivity contribution in [3.8, 4) is 0 Å². The van der Waals surface area contributed by atoms with E-state index in [4.69, 9.17) is 0 Å². The standard InChI is InChI=1S/C19H29N5O2/c1-14(25)23-9-4-7-16(23)19-21-20-17-8-10-22(11-12-24(17)19)18(26)13-15-5-2-3-6-15/h15-16H,2-13H2,1H3. The van der Waals surface area contributed by atoms with Crippen molar-refractivity contribution < 1.29 is 9.59 Å². The molecule has 3 heterocycles. The lowest BCUT2D eigenvalue weighted by atomic mass is 10.0. The van der Waals surface area contributed by atoms with Crippen LogP contribution in [0.4, 0.5) is 0 Å². The van der Waals surface area contributed by atoms with Gasteiger partial charge in [-0.1, -0.05) is 12.8 Å². The fraction of sp³-hybridized carbons (Fsp3) is 0.789. The molecular weight excluding hydrogens is 330 g/mol. The summed E-state index contributed by atoms with van der Waals surface area (Å²) in [4.78, 5) is 28.5. The monoisotopic (exact) mass is 359 g/mol. The molecular formula is C19H29N5O2. The van der Waals surface area contributed by atoms with Crippen molar-refractivity contribution >= 4 is 11.8 Å². The fourth-order valence-electron chi connectivity index (χ4n) is 4.84. The summed E-state index contributed by atoms with van der Waals surface area (Å²) in [6, 6.07) is 0.0366. The summed E-state index contributed by atoms with van der Waals surface area (Å²) in [6.45, 7) is 4.60. The highest BCUT2D eigenvalue weighted by molar-refractivity contribution is 5.76. The van der Waals surface area contributed by atoms with Gasteiger partial charge in [0.05, 0.1) is 6.04 Å². The molecule has 1 unspecified atom stereocenters. The number of hydrogen-bond acceptors (Lipinski definition) is 4. The van der Waals surface area contributed by atoms with Crippen LogP contribution in [0.25, 0.3) is 0 Å². The van der Waals surface area contributed by atoms with Crippen LogP contribution in [-0.4, -0.2) is 56.0 Å². The molecule has 7 nitrogen and oxygen atoms in total. The minimum Gasteiger partial charge on any atom is -0.340 e. The summed E-state index contributed by atoms with van der Waals surface area (Å²) in [6.07, 6.45) is 8.37. The van der Waals surface area contributed by atoms with Gasteiger partial charge in [-0.05, 0) is 31.6 Å². The smallest absolute Gasteiger partial charge is 0.222 e. The fourth-order valence-corrected chi connectivity index (χ4v) is 4.84. The lowest BCUT2D eigenvalue weighted by Gasteiger charge is -2.24. The molecule has 2 amide bonds. The summed E-state index contributed by atoms with van der Waals surface area (Å²) in [5.41, 5.74) is 0. The number of fused-ring (bicyclic) bond motifs is 1. The molecule has 26 heavy (non-hydrogen) atoms. The van der Waals surface area contributed by atoms with Crippen molar-refractivity contribution in [2.75, 3.05) is 19.6 Å². The molecule has 1 atom stereocenters. The summed E-state index contributed by atoms with van der Waals surface area (Å²) in [5.74, 6) is 2.84. The van der Waals surface area contributed by atoms with Crippen molar-refractivity contribution in [3.63, 3.8) is 0 Å². The van der Waals surface area contributed by atoms with E-state index in [0.717, 1.165) is 57.1 Å². The molecule has 1 aromatic heterocycles. The van der Waals surface area contributed by atoms with E-state index in [1.54, 1.807) is 6.92 Å². The van der Waals surface area contributed by atoms with E-state index in [1.165, 1.54) is 25.7 Å². The molecule has 3 aliphatic rings. The first-order valence-electron chi connectivity index (χ1n) is 10.1. The van der Waals surface area contributed by atoms with Crippen LogP contribution in [0.2, 0.25) is 0 Å². The highest BCUT2D eigenvalue weighted by Crippen LogP contribution is 2.32. The van der Waals surface area contributed by atoms with E-state index in [1.807, 2.05) is 9.80 Å². The SMILES string of the molecule is CC(=O)N1CCCC1c1nnc2n1CCN(C(=O)CC1CCCC1)CC2. The van der Waals surface area contributed by atoms with E-state index in [9.17, 15) is 9.59 Å². The van der Waals surface area contributed by atoms with Gasteiger partial charge in [0.2, 0.25) is 11.8 Å². The second kappa shape index (κ2) is 7.37. The zero-order valence-electron chi connectivity index (χ0n) is 15.7. The number of carbonyl (C=O) groups excluding carboxylic acids is 2. The van der Waals surface area contributed by atoms with E-state index >= 15 is 0 Å². The second-order valence-corrected chi connectivity index (χ2v) is 7.98. The van der Waals surface area contributed by atoms with Crippen molar-refractivity contribution in [3.05, 3.63) is 11.6 Å². The van der Waals surface area contributed by atoms with Crippen LogP contribution >= 0.6 is 0 Å². The van der Waals surface area contributed by atoms with Crippen molar-refractivity contribution in [1.29, 1.82) is 0 Å². The van der Waals surface area contributed by atoms with Crippen LogP contribution in [0.5, 0.6) is 0 Å². The molecule has 2 aliphatic heterocycles. The minimum atomic E-state index is 0.0366. The molecule has 0 N–H and O–H groups in total. The number of aromatic nitrogens is 3. The van der Waals surface area contributed by atoms with Crippen molar-refractivity contribution in [2.45, 2.75) is 70.9 Å². The molecule has 0 aromatic carbocycles. The third kappa shape index (κ3) is 3.35. The Labute approximate surface area is 154 Å². The molecule has 1 saturated carbocycles. The van der Waals surface area contributed by atoms with Gasteiger partial charge in [0.1, 0.15) is 5.82 Å². The van der Waals surface area contributed by atoms with Gasteiger partial charge >= 0.3 is 0 Å². The Morgan fingerprint density at radius 3 is 2.58 bits per heavy atom. The number of nitrogens with zero attached hydrogens (tertiary/aromatic N) is 5. The molecule has 1 aliphatic carbocycles. The highest BCUT2D eigenvalue weighted by Gasteiger charge is 2.33. The lowest BCUT2D eigenvalue weighted by Crippen LogP contribution is -2.35. The molecule has 0 bridgehead atoms. The third-order valence-corrected chi connectivity index (χ3v) is 6.30. The topological polar surface area (TPSA) is 71.3 Å². The Kier molecular flexibility index (Phi) is 4.96. The van der Waals surface area contributed by atoms with Gasteiger partial charge in [0.25, 0.3) is 0 Å². The van der Waals surface area contributed by atoms with Gasteiger partial charge in [-0.15, -0.1) is 10.2 Å². The summed E-state index contributed by atoms with van der Waals surface area (Å²) < 4.78 is 2.16. The number of carbonyl (C=O) groups is 2. The first kappa shape index (κ1) is 17.5. The molecule has 7 heteroatoms. The zero-order valence-corrected chi connectivity index (χ0v) is 15.7. The van der Waals surface area contributed by atoms with Crippen molar-refractivity contribution in [1.82, 2.24) is 24.6 Å². The van der Waals surface area contributed by atoms with Gasteiger partial charge in [-0.25, -0.2) is 0 Å². The number of amides is 2. The molecule has 2 fully saturated rings. The number of likely N-dealkylation sites (tertiary alicyclic amines) is 1. The first-order valence-corrected chi connectivity index (χ1v) is 10.1. The largest absolute Gasteiger partial charge is 0.340 e. The zero-order chi connectivity index (χ0) is 18.1. The average Bonchev–Trinajstić information content (AvgIpc) is 3.33. The van der Waals surface area contributed by atoms with E-state index < -0.39 is 0 Å². The van der Waals surface area contributed by atoms with Gasteiger partial charge in [-0.3, -0.25) is 9.59 Å². The Balaban J connectivity index is 1.44. The summed E-state index contributed by atoms with van der Waals surface area (Å²) in [5, 5.41) is 8.81. The maximum Gasteiger partial charge on any atom is 0.222 e. The lowest BCUT2D eigenvalue weighted by molar-refractivity contribution is -0.132. The normalized spacial score (nSPS) is 24.0. The molecule has 4 rings (SSSR count). The van der Waals surface area contributed by atoms with Gasteiger partial charge in [0.15, 0.2) is 5.82 Å². The Bertz CT molecular complexity index is 679. The third-order valence-electron chi connectivity index (χ3n) is 6.30. The van der Waals surface area contributed by atoms with Gasteiger partial charge < -0.3 is 14.4 Å². The molecule has 1 saturated heterocycles. The Morgan fingerprint density at radius 1 is 1.00 bits per heavy atom. The first-order chi connectivity index (χ1) is 12.6. The molecule has 142 valence electrons. The van der Waals surface area contributed by atoms with Crippen LogP contribution < -0.4 is 0 Å². The van der Waals surface area contributed by atoms with Crippen molar-refractivity contribution in [2.24, 2.45) is 5.92 Å². The molecule has 1 aromatic rings. The average molecular weight is 359 g/mol. The number of rotatable bonds is 3. The van der Waals surface area contributed by atoms with Gasteiger partial charge in [0, 0.05) is 45.9 Å². The molecule has 0 spiro atoms. The predicted octanol–water partition coefficient (Wildman–Crippen LogP) is 1.93. The van der Waals surface area contributed by atoms with E-state index in [2.05, 4.69) is 14.8 Å². The van der Waals surface area contributed by atoms with Crippen LogP contribution in [0.1, 0.15) is 69.6 Å². The highest BCUT2D eigenvalue weighted by atomic mass is 16.2. The molecule has 0 radical (unpaired) electrons. The Morgan fingerprint density at radius 2 is 1.81 bits per heavy atom. The van der Waals surface area contributed by atoms with Gasteiger partial charge in [-0.2, -0.15) is 0 Å². The predicted molar refractivity (Wildman–Crippen MR) is 96.2 cm³/mol. The van der Waals surface area contributed by atoms with Crippen LogP contribution in [0.3, 0.4) is 0 Å². The minimum absolute atomic E-state index is 0.0366. The summed E-state index contributed by atoms with van der Waals surface area (Å²) >= 11 is 0. The summed E-state index contributed by atoms with van der Waals surface area (Å²) in [7, 11) is 0. The van der Waals surface area contributed by atoms with Crippen LogP contribution in [0.15, 0.2) is 0 Å².